The molecule has 0 fully saturated rings. The molecule has 0 bridgehead atoms. The summed E-state index contributed by atoms with van der Waals surface area (Å²) in [5.74, 6) is -0.866. The predicted molar refractivity (Wildman–Crippen MR) is 115 cm³/mol. The number of amides is 1. The summed E-state index contributed by atoms with van der Waals surface area (Å²) in [7, 11) is 0. The summed E-state index contributed by atoms with van der Waals surface area (Å²) in [6, 6.07) is 19.7. The second-order valence-corrected chi connectivity index (χ2v) is 7.01. The van der Waals surface area contributed by atoms with E-state index in [2.05, 4.69) is 5.32 Å². The van der Waals surface area contributed by atoms with E-state index in [4.69, 9.17) is 9.47 Å². The topological polar surface area (TPSA) is 88.0 Å². The first-order valence-corrected chi connectivity index (χ1v) is 9.81. The first-order chi connectivity index (χ1) is 15.0. The maximum atomic E-state index is 14.0. The van der Waals surface area contributed by atoms with Gasteiger partial charge in [-0.05, 0) is 48.9 Å². The van der Waals surface area contributed by atoms with E-state index in [0.717, 1.165) is 11.6 Å². The molecule has 3 aromatic rings. The number of aryl methyl sites for hydroxylation is 1. The number of nitrogens with one attached hydrogen (secondary N) is 1. The largest absolute Gasteiger partial charge is 0.505 e. The number of ether oxygens (including phenoxy) is 2. The van der Waals surface area contributed by atoms with Crippen LogP contribution >= 0.6 is 0 Å². The highest BCUT2D eigenvalue weighted by atomic mass is 19.1. The van der Waals surface area contributed by atoms with Crippen molar-refractivity contribution >= 4 is 11.8 Å². The molecule has 7 heteroatoms. The third kappa shape index (κ3) is 6.20. The van der Waals surface area contributed by atoms with Crippen molar-refractivity contribution < 1.29 is 28.9 Å². The highest BCUT2D eigenvalue weighted by Crippen LogP contribution is 2.30. The number of hydrogen-bond donors (Lipinski definition) is 3. The zero-order chi connectivity index (χ0) is 22.2. The number of anilines is 1. The van der Waals surface area contributed by atoms with Gasteiger partial charge < -0.3 is 19.7 Å². The molecule has 6 nitrogen and oxygen atoms in total. The molecule has 0 aromatic heterocycles. The van der Waals surface area contributed by atoms with Gasteiger partial charge in [0.1, 0.15) is 11.9 Å². The SMILES string of the molecule is Cc1ccc(NC(=O)O[C@@H](c2ccc(O)c(F)c2)[C@H](CCO)Oc2ccccc2)cc1. The van der Waals surface area contributed by atoms with Crippen LogP contribution in [0.2, 0.25) is 0 Å². The number of phenols is 1. The third-order valence-electron chi connectivity index (χ3n) is 4.61. The van der Waals surface area contributed by atoms with Crippen LogP contribution in [0.1, 0.15) is 23.7 Å². The van der Waals surface area contributed by atoms with Crippen LogP contribution in [0, 0.1) is 12.7 Å². The summed E-state index contributed by atoms with van der Waals surface area (Å²) in [5.41, 5.74) is 1.85. The molecule has 1 amide bonds. The molecule has 0 radical (unpaired) electrons. The minimum atomic E-state index is -1.05. The van der Waals surface area contributed by atoms with Crippen molar-refractivity contribution in [2.45, 2.75) is 25.6 Å². The van der Waals surface area contributed by atoms with Crippen molar-refractivity contribution in [3.8, 4) is 11.5 Å². The second-order valence-electron chi connectivity index (χ2n) is 7.01. The van der Waals surface area contributed by atoms with Crippen LogP contribution in [0.4, 0.5) is 14.9 Å². The van der Waals surface area contributed by atoms with E-state index < -0.39 is 29.9 Å². The van der Waals surface area contributed by atoms with Crippen LogP contribution in [0.25, 0.3) is 0 Å². The summed E-state index contributed by atoms with van der Waals surface area (Å²) < 4.78 is 25.6. The van der Waals surface area contributed by atoms with E-state index in [-0.39, 0.29) is 18.6 Å². The van der Waals surface area contributed by atoms with E-state index >= 15 is 0 Å². The Morgan fingerprint density at radius 3 is 2.42 bits per heavy atom. The van der Waals surface area contributed by atoms with E-state index in [1.54, 1.807) is 36.4 Å². The van der Waals surface area contributed by atoms with Crippen molar-refractivity contribution in [1.29, 1.82) is 0 Å². The summed E-state index contributed by atoms with van der Waals surface area (Å²) in [5, 5.41) is 21.7. The maximum Gasteiger partial charge on any atom is 0.412 e. The zero-order valence-corrected chi connectivity index (χ0v) is 17.0. The number of halogens is 1. The second kappa shape index (κ2) is 10.4. The van der Waals surface area contributed by atoms with Crippen LogP contribution in [-0.4, -0.2) is 29.0 Å². The number of para-hydroxylation sites is 1. The van der Waals surface area contributed by atoms with E-state index in [9.17, 15) is 19.4 Å². The maximum absolute atomic E-state index is 14.0. The van der Waals surface area contributed by atoms with E-state index in [1.165, 1.54) is 12.1 Å². The Balaban J connectivity index is 1.87. The summed E-state index contributed by atoms with van der Waals surface area (Å²) >= 11 is 0. The molecular formula is C24H24FNO5. The fraction of sp³-hybridized carbons (Fsp3) is 0.208. The number of carbonyl (C=O) groups is 1. The molecule has 0 heterocycles. The predicted octanol–water partition coefficient (Wildman–Crippen LogP) is 4.96. The third-order valence-corrected chi connectivity index (χ3v) is 4.61. The Morgan fingerprint density at radius 1 is 1.06 bits per heavy atom. The standard InChI is InChI=1S/C24H24FNO5/c1-16-7-10-18(11-8-16)26-24(29)31-23(17-9-12-21(28)20(25)15-17)22(13-14-27)30-19-5-3-2-4-6-19/h2-12,15,22-23,27-28H,13-14H2,1H3,(H,26,29)/t22-,23-/m0/s1. The van der Waals surface area contributed by atoms with Crippen LogP contribution in [-0.2, 0) is 4.74 Å². The van der Waals surface area contributed by atoms with Gasteiger partial charge in [0, 0.05) is 18.7 Å². The van der Waals surface area contributed by atoms with Gasteiger partial charge in [-0.15, -0.1) is 0 Å². The van der Waals surface area contributed by atoms with Crippen LogP contribution in [0.15, 0.2) is 72.8 Å². The van der Waals surface area contributed by atoms with Crippen molar-refractivity contribution in [2.24, 2.45) is 0 Å². The lowest BCUT2D eigenvalue weighted by Gasteiger charge is -2.28. The van der Waals surface area contributed by atoms with Crippen molar-refractivity contribution in [3.05, 3.63) is 89.7 Å². The van der Waals surface area contributed by atoms with Crippen molar-refractivity contribution in [1.82, 2.24) is 0 Å². The number of rotatable bonds is 8. The van der Waals surface area contributed by atoms with Gasteiger partial charge >= 0.3 is 6.09 Å². The Hall–Kier alpha value is -3.58. The molecule has 0 aliphatic rings. The molecule has 0 saturated carbocycles. The fourth-order valence-electron chi connectivity index (χ4n) is 3.03. The van der Waals surface area contributed by atoms with Gasteiger partial charge in [-0.2, -0.15) is 0 Å². The summed E-state index contributed by atoms with van der Waals surface area (Å²) in [6.45, 7) is 1.69. The van der Waals surface area contributed by atoms with Gasteiger partial charge in [0.2, 0.25) is 0 Å². The highest BCUT2D eigenvalue weighted by molar-refractivity contribution is 5.84. The van der Waals surface area contributed by atoms with Gasteiger partial charge in [-0.25, -0.2) is 9.18 Å². The minimum absolute atomic E-state index is 0.125. The normalized spacial score (nSPS) is 12.6. The lowest BCUT2D eigenvalue weighted by molar-refractivity contribution is 0.00892. The highest BCUT2D eigenvalue weighted by Gasteiger charge is 2.30. The number of phenolic OH excluding ortho intramolecular Hbond substituents is 1. The molecule has 3 N–H and O–H groups in total. The Bertz CT molecular complexity index is 995. The molecule has 0 unspecified atom stereocenters. The molecule has 0 aliphatic heterocycles. The van der Waals surface area contributed by atoms with Gasteiger partial charge in [-0.1, -0.05) is 42.0 Å². The van der Waals surface area contributed by atoms with Crippen LogP contribution < -0.4 is 10.1 Å². The molecule has 0 saturated heterocycles. The first kappa shape index (κ1) is 22.1. The van der Waals surface area contributed by atoms with E-state index in [0.29, 0.717) is 11.4 Å². The zero-order valence-electron chi connectivity index (χ0n) is 17.0. The Kier molecular flexibility index (Phi) is 7.45. The smallest absolute Gasteiger partial charge is 0.412 e. The number of benzene rings is 3. The van der Waals surface area contributed by atoms with Crippen LogP contribution in [0.3, 0.4) is 0 Å². The quantitative estimate of drug-likeness (QED) is 0.475. The Morgan fingerprint density at radius 2 is 1.77 bits per heavy atom. The Labute approximate surface area is 179 Å². The van der Waals surface area contributed by atoms with Gasteiger partial charge in [-0.3, -0.25) is 5.32 Å². The number of aromatic hydroxyl groups is 1. The number of hydrogen-bond acceptors (Lipinski definition) is 5. The van der Waals surface area contributed by atoms with Gasteiger partial charge in [0.15, 0.2) is 17.7 Å². The average molecular weight is 425 g/mol. The molecule has 3 aromatic carbocycles. The summed E-state index contributed by atoms with van der Waals surface area (Å²) in [4.78, 5) is 12.6. The average Bonchev–Trinajstić information content (AvgIpc) is 2.76. The van der Waals surface area contributed by atoms with Gasteiger partial charge in [0.05, 0.1) is 0 Å². The monoisotopic (exact) mass is 425 g/mol. The molecule has 31 heavy (non-hydrogen) atoms. The van der Waals surface area contributed by atoms with Crippen LogP contribution in [0.5, 0.6) is 11.5 Å². The molecular weight excluding hydrogens is 401 g/mol. The van der Waals surface area contributed by atoms with Gasteiger partial charge in [0.25, 0.3) is 0 Å². The summed E-state index contributed by atoms with van der Waals surface area (Å²) in [6.07, 6.45) is -2.49. The molecule has 0 spiro atoms. The number of aliphatic hydroxyl groups is 1. The minimum Gasteiger partial charge on any atom is -0.505 e. The number of aliphatic hydroxyl groups excluding tert-OH is 1. The number of carbonyl (C=O) groups excluding carboxylic acids is 1. The first-order valence-electron chi connectivity index (χ1n) is 9.81. The lowest BCUT2D eigenvalue weighted by Crippen LogP contribution is -2.31. The van der Waals surface area contributed by atoms with E-state index in [1.807, 2.05) is 25.1 Å². The van der Waals surface area contributed by atoms with Crippen molar-refractivity contribution in [2.75, 3.05) is 11.9 Å². The molecule has 3 rings (SSSR count). The molecule has 2 atom stereocenters. The molecule has 0 aliphatic carbocycles. The lowest BCUT2D eigenvalue weighted by atomic mass is 10.0. The van der Waals surface area contributed by atoms with Crippen molar-refractivity contribution in [3.63, 3.8) is 0 Å². The fourth-order valence-corrected chi connectivity index (χ4v) is 3.03. The molecule has 162 valence electrons.